The number of halogens is 2. The Hall–Kier alpha value is -2.49. The van der Waals surface area contributed by atoms with Gasteiger partial charge in [-0.05, 0) is 55.3 Å². The van der Waals surface area contributed by atoms with Crippen LogP contribution >= 0.6 is 23.2 Å². The van der Waals surface area contributed by atoms with Crippen molar-refractivity contribution in [1.82, 2.24) is 5.01 Å². The Morgan fingerprint density at radius 2 is 1.66 bits per heavy atom. The zero-order chi connectivity index (χ0) is 20.1. The van der Waals surface area contributed by atoms with Crippen LogP contribution in [-0.4, -0.2) is 10.7 Å². The van der Waals surface area contributed by atoms with Crippen molar-refractivity contribution >= 4 is 28.9 Å². The summed E-state index contributed by atoms with van der Waals surface area (Å²) in [5.74, 6) is 0.869. The molecule has 146 valence electrons. The van der Waals surface area contributed by atoms with Gasteiger partial charge in [0.2, 0.25) is 6.23 Å². The van der Waals surface area contributed by atoms with Gasteiger partial charge in [-0.2, -0.15) is 5.10 Å². The van der Waals surface area contributed by atoms with E-state index in [2.05, 4.69) is 37.1 Å². The Balaban J connectivity index is 1.62. The lowest BCUT2D eigenvalue weighted by atomic mass is 9.95. The van der Waals surface area contributed by atoms with Gasteiger partial charge in [-0.15, -0.1) is 0 Å². The molecule has 0 saturated heterocycles. The average molecular weight is 423 g/mol. The van der Waals surface area contributed by atoms with E-state index < -0.39 is 0 Å². The molecule has 0 bridgehead atoms. The third-order valence-corrected chi connectivity index (χ3v) is 6.11. The molecule has 2 aliphatic rings. The smallest absolute Gasteiger partial charge is 0.214 e. The lowest BCUT2D eigenvalue weighted by Gasteiger charge is -2.38. The van der Waals surface area contributed by atoms with E-state index in [-0.39, 0.29) is 12.3 Å². The number of hydrogen-bond donors (Lipinski definition) is 0. The van der Waals surface area contributed by atoms with Gasteiger partial charge in [-0.25, -0.2) is 5.01 Å². The van der Waals surface area contributed by atoms with Crippen molar-refractivity contribution in [2.24, 2.45) is 5.10 Å². The predicted molar refractivity (Wildman–Crippen MR) is 118 cm³/mol. The standard InChI is InChI=1S/C24H20Cl2N2O/c1-14-3-9-19(15(2)11-14)24-28-22(20-12-18(26)8-10-23(20)29-24)13-21(27-28)16-4-6-17(25)7-5-16/h3-12,22,24H,13H2,1-2H3. The minimum atomic E-state index is -0.279. The van der Waals surface area contributed by atoms with Crippen LogP contribution in [0, 0.1) is 13.8 Å². The van der Waals surface area contributed by atoms with E-state index in [1.54, 1.807) is 0 Å². The highest BCUT2D eigenvalue weighted by Gasteiger charge is 2.41. The summed E-state index contributed by atoms with van der Waals surface area (Å²) in [7, 11) is 0. The molecule has 0 saturated carbocycles. The summed E-state index contributed by atoms with van der Waals surface area (Å²) in [5.41, 5.74) is 6.73. The zero-order valence-electron chi connectivity index (χ0n) is 16.2. The van der Waals surface area contributed by atoms with Crippen LogP contribution in [0.2, 0.25) is 10.0 Å². The fourth-order valence-corrected chi connectivity index (χ4v) is 4.49. The molecule has 2 atom stereocenters. The first kappa shape index (κ1) is 18.5. The van der Waals surface area contributed by atoms with Gasteiger partial charge in [-0.1, -0.05) is 59.1 Å². The van der Waals surface area contributed by atoms with Crippen molar-refractivity contribution in [1.29, 1.82) is 0 Å². The van der Waals surface area contributed by atoms with Crippen molar-refractivity contribution in [3.05, 3.63) is 98.5 Å². The van der Waals surface area contributed by atoms with Crippen LogP contribution in [0.1, 0.15) is 46.5 Å². The number of hydrazone groups is 1. The molecule has 3 nitrogen and oxygen atoms in total. The van der Waals surface area contributed by atoms with Crippen molar-refractivity contribution in [3.8, 4) is 5.75 Å². The quantitative estimate of drug-likeness (QED) is 0.450. The third kappa shape index (κ3) is 3.29. The van der Waals surface area contributed by atoms with Crippen LogP contribution < -0.4 is 4.74 Å². The van der Waals surface area contributed by atoms with Crippen molar-refractivity contribution in [2.45, 2.75) is 32.5 Å². The Labute approximate surface area is 180 Å². The minimum absolute atomic E-state index is 0.0776. The minimum Gasteiger partial charge on any atom is -0.464 e. The second-order valence-corrected chi connectivity index (χ2v) is 8.54. The zero-order valence-corrected chi connectivity index (χ0v) is 17.7. The molecule has 2 unspecified atom stereocenters. The molecule has 0 N–H and O–H groups in total. The van der Waals surface area contributed by atoms with Crippen molar-refractivity contribution in [3.63, 3.8) is 0 Å². The largest absolute Gasteiger partial charge is 0.464 e. The van der Waals surface area contributed by atoms with Crippen LogP contribution in [0.4, 0.5) is 0 Å². The van der Waals surface area contributed by atoms with E-state index in [0.717, 1.165) is 39.6 Å². The summed E-state index contributed by atoms with van der Waals surface area (Å²) in [6.07, 6.45) is 0.513. The third-order valence-electron chi connectivity index (χ3n) is 5.62. The molecule has 2 heterocycles. The van der Waals surface area contributed by atoms with Crippen molar-refractivity contribution < 1.29 is 4.74 Å². The molecule has 0 amide bonds. The first-order chi connectivity index (χ1) is 14.0. The maximum Gasteiger partial charge on any atom is 0.214 e. The van der Waals surface area contributed by atoms with Crippen LogP contribution in [0.15, 0.2) is 65.8 Å². The second kappa shape index (κ2) is 7.08. The van der Waals surface area contributed by atoms with E-state index in [0.29, 0.717) is 5.02 Å². The summed E-state index contributed by atoms with van der Waals surface area (Å²) < 4.78 is 6.45. The van der Waals surface area contributed by atoms with Crippen LogP contribution in [-0.2, 0) is 0 Å². The molecule has 2 aliphatic heterocycles. The summed E-state index contributed by atoms with van der Waals surface area (Å²) >= 11 is 12.4. The summed E-state index contributed by atoms with van der Waals surface area (Å²) in [6.45, 7) is 4.23. The van der Waals surface area contributed by atoms with Crippen LogP contribution in [0.3, 0.4) is 0 Å². The van der Waals surface area contributed by atoms with Gasteiger partial charge in [0.05, 0.1) is 11.8 Å². The number of hydrogen-bond acceptors (Lipinski definition) is 3. The SMILES string of the molecule is Cc1ccc(C2Oc3ccc(Cl)cc3C3CC(c4ccc(Cl)cc4)=NN32)c(C)c1. The van der Waals surface area contributed by atoms with E-state index in [1.165, 1.54) is 11.1 Å². The van der Waals surface area contributed by atoms with Gasteiger partial charge in [0.25, 0.3) is 0 Å². The highest BCUT2D eigenvalue weighted by molar-refractivity contribution is 6.31. The maximum absolute atomic E-state index is 6.45. The molecule has 0 radical (unpaired) electrons. The van der Waals surface area contributed by atoms with Gasteiger partial charge in [0.15, 0.2) is 0 Å². The summed E-state index contributed by atoms with van der Waals surface area (Å²) in [6, 6.07) is 20.2. The molecular weight excluding hydrogens is 403 g/mol. The van der Waals surface area contributed by atoms with Gasteiger partial charge in [0.1, 0.15) is 5.75 Å². The maximum atomic E-state index is 6.45. The van der Waals surface area contributed by atoms with Gasteiger partial charge in [0, 0.05) is 27.6 Å². The molecule has 3 aromatic carbocycles. The van der Waals surface area contributed by atoms with Crippen LogP contribution in [0.5, 0.6) is 5.75 Å². The summed E-state index contributed by atoms with van der Waals surface area (Å²) in [5, 5.41) is 8.51. The molecule has 29 heavy (non-hydrogen) atoms. The van der Waals surface area contributed by atoms with E-state index in [1.807, 2.05) is 42.5 Å². The van der Waals surface area contributed by atoms with E-state index >= 15 is 0 Å². The monoisotopic (exact) mass is 422 g/mol. The van der Waals surface area contributed by atoms with Gasteiger partial charge in [-0.3, -0.25) is 0 Å². The first-order valence-corrected chi connectivity index (χ1v) is 10.4. The average Bonchev–Trinajstić information content (AvgIpc) is 3.14. The number of fused-ring (bicyclic) bond motifs is 3. The highest BCUT2D eigenvalue weighted by Crippen LogP contribution is 2.48. The van der Waals surface area contributed by atoms with Gasteiger partial charge >= 0.3 is 0 Å². The lowest BCUT2D eigenvalue weighted by Crippen LogP contribution is -2.34. The van der Waals surface area contributed by atoms with Gasteiger partial charge < -0.3 is 4.74 Å². The van der Waals surface area contributed by atoms with Crippen molar-refractivity contribution in [2.75, 3.05) is 0 Å². The molecule has 0 spiro atoms. The number of rotatable bonds is 2. The Morgan fingerprint density at radius 1 is 0.897 bits per heavy atom. The number of nitrogens with zero attached hydrogens (tertiary/aromatic N) is 2. The summed E-state index contributed by atoms with van der Waals surface area (Å²) in [4.78, 5) is 0. The molecule has 5 rings (SSSR count). The normalized spacial score (nSPS) is 20.0. The molecule has 0 aliphatic carbocycles. The lowest BCUT2D eigenvalue weighted by molar-refractivity contribution is -0.0194. The Kier molecular flexibility index (Phi) is 4.53. The molecule has 0 aromatic heterocycles. The fourth-order valence-electron chi connectivity index (χ4n) is 4.18. The number of ether oxygens (including phenoxy) is 1. The molecule has 3 aromatic rings. The molecule has 0 fully saturated rings. The topological polar surface area (TPSA) is 24.8 Å². The second-order valence-electron chi connectivity index (χ2n) is 7.67. The fraction of sp³-hybridized carbons (Fsp3) is 0.208. The van der Waals surface area contributed by atoms with E-state index in [9.17, 15) is 0 Å². The highest BCUT2D eigenvalue weighted by atomic mass is 35.5. The Bertz CT molecular complexity index is 1120. The first-order valence-electron chi connectivity index (χ1n) is 9.64. The van der Waals surface area contributed by atoms with E-state index in [4.69, 9.17) is 33.0 Å². The predicted octanol–water partition coefficient (Wildman–Crippen LogP) is 6.85. The molecular formula is C24H20Cl2N2O. The van der Waals surface area contributed by atoms with Crippen LogP contribution in [0.25, 0.3) is 0 Å². The molecule has 5 heteroatoms. The Morgan fingerprint density at radius 3 is 2.41 bits per heavy atom. The number of benzene rings is 3. The number of aryl methyl sites for hydroxylation is 2.